The van der Waals surface area contributed by atoms with Crippen LogP contribution in [0.15, 0.2) is 24.3 Å². The molecule has 0 N–H and O–H groups in total. The number of hydrogen-bond acceptors (Lipinski definition) is 0. The molecule has 63 valence electrons. The Hall–Kier alpha value is -0.780. The van der Waals surface area contributed by atoms with Crippen LogP contribution in [-0.2, 0) is 0 Å². The van der Waals surface area contributed by atoms with Crippen molar-refractivity contribution < 1.29 is 0 Å². The maximum Gasteiger partial charge on any atom is -0.0159 e. The van der Waals surface area contributed by atoms with Gasteiger partial charge in [-0.3, -0.25) is 0 Å². The van der Waals surface area contributed by atoms with Gasteiger partial charge in [0.15, 0.2) is 0 Å². The van der Waals surface area contributed by atoms with Crippen molar-refractivity contribution in [2.24, 2.45) is 0 Å². The summed E-state index contributed by atoms with van der Waals surface area (Å²) in [5.41, 5.74) is 2.71. The molecule has 1 aromatic rings. The average molecular weight is 159 g/mol. The Morgan fingerprint density at radius 3 is 2.42 bits per heavy atom. The average Bonchev–Trinajstić information content (AvgIpc) is 2.57. The molecule has 0 aliphatic heterocycles. The summed E-state index contributed by atoms with van der Waals surface area (Å²) in [6, 6.07) is 8.55. The largest absolute Gasteiger partial charge is 0.0620 e. The van der Waals surface area contributed by atoms with Crippen LogP contribution < -0.4 is 0 Å². The van der Waals surface area contributed by atoms with E-state index in [0.717, 1.165) is 5.92 Å². The van der Waals surface area contributed by atoms with Gasteiger partial charge in [-0.05, 0) is 36.8 Å². The van der Waals surface area contributed by atoms with Crippen molar-refractivity contribution in [1.82, 2.24) is 0 Å². The Kier molecular flexibility index (Phi) is 2.16. The van der Waals surface area contributed by atoms with Crippen LogP contribution in [-0.4, -0.2) is 0 Å². The van der Waals surface area contributed by atoms with E-state index in [-0.39, 0.29) is 0 Å². The second-order valence-electron chi connectivity index (χ2n) is 3.68. The first-order valence-corrected chi connectivity index (χ1v) is 4.79. The highest BCUT2D eigenvalue weighted by molar-refractivity contribution is 5.32. The van der Waals surface area contributed by atoms with Crippen molar-refractivity contribution in [1.29, 1.82) is 0 Å². The molecule has 0 atom stereocenters. The van der Waals surface area contributed by atoms with Gasteiger partial charge >= 0.3 is 0 Å². The molecule has 0 nitrogen and oxygen atoms in total. The van der Waals surface area contributed by atoms with E-state index >= 15 is 0 Å². The minimum absolute atomic E-state index is 0.804. The third-order valence-electron chi connectivity index (χ3n) is 2.85. The Balaban J connectivity index is 2.26. The maximum atomic E-state index is 4.07. The maximum absolute atomic E-state index is 4.07. The lowest BCUT2D eigenvalue weighted by atomic mass is 9.94. The van der Waals surface area contributed by atoms with E-state index in [4.69, 9.17) is 0 Å². The molecule has 0 aromatic heterocycles. The topological polar surface area (TPSA) is 0 Å². The monoisotopic (exact) mass is 159 g/mol. The Labute approximate surface area is 74.6 Å². The number of rotatable bonds is 1. The first-order valence-electron chi connectivity index (χ1n) is 4.79. The van der Waals surface area contributed by atoms with E-state index in [0.29, 0.717) is 0 Å². The summed E-state index contributed by atoms with van der Waals surface area (Å²) < 4.78 is 0. The number of benzene rings is 1. The SMILES string of the molecule is [CH2]c1ccccc1C1CCCC1. The molecule has 0 heteroatoms. The first kappa shape index (κ1) is 7.85. The predicted octanol–water partition coefficient (Wildman–Crippen LogP) is 3.53. The van der Waals surface area contributed by atoms with E-state index < -0.39 is 0 Å². The van der Waals surface area contributed by atoms with Gasteiger partial charge in [0.2, 0.25) is 0 Å². The lowest BCUT2D eigenvalue weighted by molar-refractivity contribution is 0.720. The fourth-order valence-electron chi connectivity index (χ4n) is 2.17. The van der Waals surface area contributed by atoms with Crippen LogP contribution >= 0.6 is 0 Å². The lowest BCUT2D eigenvalue weighted by Crippen LogP contribution is -1.94. The molecule has 0 heterocycles. The zero-order valence-corrected chi connectivity index (χ0v) is 7.42. The Morgan fingerprint density at radius 2 is 1.75 bits per heavy atom. The summed E-state index contributed by atoms with van der Waals surface area (Å²) in [4.78, 5) is 0. The molecule has 1 aliphatic carbocycles. The highest BCUT2D eigenvalue weighted by Crippen LogP contribution is 2.35. The molecular weight excluding hydrogens is 144 g/mol. The van der Waals surface area contributed by atoms with Crippen LogP contribution in [0, 0.1) is 6.92 Å². The smallest absolute Gasteiger partial charge is 0.0159 e. The zero-order valence-electron chi connectivity index (χ0n) is 7.42. The molecule has 1 aromatic carbocycles. The van der Waals surface area contributed by atoms with Gasteiger partial charge in [0.1, 0.15) is 0 Å². The van der Waals surface area contributed by atoms with Gasteiger partial charge in [-0.1, -0.05) is 37.1 Å². The van der Waals surface area contributed by atoms with Gasteiger partial charge in [0.05, 0.1) is 0 Å². The van der Waals surface area contributed by atoms with Gasteiger partial charge in [-0.25, -0.2) is 0 Å². The van der Waals surface area contributed by atoms with Crippen molar-refractivity contribution in [2.45, 2.75) is 31.6 Å². The molecule has 1 radical (unpaired) electrons. The lowest BCUT2D eigenvalue weighted by Gasteiger charge is -2.11. The fourth-order valence-corrected chi connectivity index (χ4v) is 2.17. The third-order valence-corrected chi connectivity index (χ3v) is 2.85. The summed E-state index contributed by atoms with van der Waals surface area (Å²) in [6.07, 6.45) is 5.54. The molecule has 2 rings (SSSR count). The van der Waals surface area contributed by atoms with Crippen LogP contribution in [0.5, 0.6) is 0 Å². The van der Waals surface area contributed by atoms with Gasteiger partial charge < -0.3 is 0 Å². The Morgan fingerprint density at radius 1 is 1.08 bits per heavy atom. The molecule has 0 spiro atoms. The molecule has 0 saturated heterocycles. The highest BCUT2D eigenvalue weighted by atomic mass is 14.2. The van der Waals surface area contributed by atoms with Crippen molar-refractivity contribution in [3.63, 3.8) is 0 Å². The minimum Gasteiger partial charge on any atom is -0.0620 e. The van der Waals surface area contributed by atoms with E-state index in [1.165, 1.54) is 36.8 Å². The van der Waals surface area contributed by atoms with Gasteiger partial charge in [-0.15, -0.1) is 0 Å². The predicted molar refractivity (Wildman–Crippen MR) is 52.1 cm³/mol. The van der Waals surface area contributed by atoms with Crippen molar-refractivity contribution in [2.75, 3.05) is 0 Å². The summed E-state index contributed by atoms with van der Waals surface area (Å²) in [5.74, 6) is 0.804. The van der Waals surface area contributed by atoms with Crippen LogP contribution in [0.25, 0.3) is 0 Å². The molecule has 1 aliphatic rings. The molecular formula is C12H15. The fraction of sp³-hybridized carbons (Fsp3) is 0.417. The van der Waals surface area contributed by atoms with Gasteiger partial charge in [0.25, 0.3) is 0 Å². The van der Waals surface area contributed by atoms with E-state index in [1.807, 2.05) is 0 Å². The molecule has 1 fully saturated rings. The summed E-state index contributed by atoms with van der Waals surface area (Å²) in [7, 11) is 0. The standard InChI is InChI=1S/C12H15/c1-10-6-2-5-9-12(10)11-7-3-4-8-11/h2,5-6,9,11H,1,3-4,7-8H2. The number of hydrogen-bond donors (Lipinski definition) is 0. The third kappa shape index (κ3) is 1.38. The summed E-state index contributed by atoms with van der Waals surface area (Å²) in [6.45, 7) is 4.07. The summed E-state index contributed by atoms with van der Waals surface area (Å²) in [5, 5.41) is 0. The van der Waals surface area contributed by atoms with Crippen molar-refractivity contribution >= 4 is 0 Å². The van der Waals surface area contributed by atoms with Crippen molar-refractivity contribution in [3.8, 4) is 0 Å². The van der Waals surface area contributed by atoms with Gasteiger partial charge in [0, 0.05) is 0 Å². The normalized spacial score (nSPS) is 18.4. The second-order valence-corrected chi connectivity index (χ2v) is 3.68. The zero-order chi connectivity index (χ0) is 8.39. The van der Waals surface area contributed by atoms with E-state index in [1.54, 1.807) is 0 Å². The van der Waals surface area contributed by atoms with Crippen molar-refractivity contribution in [3.05, 3.63) is 42.3 Å². The second kappa shape index (κ2) is 3.30. The quantitative estimate of drug-likeness (QED) is 0.588. The van der Waals surface area contributed by atoms with Crippen LogP contribution in [0.3, 0.4) is 0 Å². The summed E-state index contributed by atoms with van der Waals surface area (Å²) >= 11 is 0. The molecule has 0 unspecified atom stereocenters. The molecule has 0 amide bonds. The van der Waals surface area contributed by atoms with E-state index in [9.17, 15) is 0 Å². The van der Waals surface area contributed by atoms with E-state index in [2.05, 4.69) is 31.2 Å². The minimum atomic E-state index is 0.804. The molecule has 1 saturated carbocycles. The van der Waals surface area contributed by atoms with Crippen LogP contribution in [0.2, 0.25) is 0 Å². The molecule has 12 heavy (non-hydrogen) atoms. The van der Waals surface area contributed by atoms with Gasteiger partial charge in [-0.2, -0.15) is 0 Å². The first-order chi connectivity index (χ1) is 5.88. The van der Waals surface area contributed by atoms with Crippen LogP contribution in [0.1, 0.15) is 42.7 Å². The van der Waals surface area contributed by atoms with Crippen LogP contribution in [0.4, 0.5) is 0 Å². The highest BCUT2D eigenvalue weighted by Gasteiger charge is 2.17. The molecule has 0 bridgehead atoms. The Bertz CT molecular complexity index is 256.